The molecule has 0 saturated carbocycles. The maximum Gasteiger partial charge on any atom is 0.272 e. The Morgan fingerprint density at radius 2 is 1.69 bits per heavy atom. The van der Waals surface area contributed by atoms with Gasteiger partial charge in [-0.1, -0.05) is 0 Å². The molecule has 2 aromatic heterocycles. The number of amides is 2. The van der Waals surface area contributed by atoms with Gasteiger partial charge in [-0.15, -0.1) is 24.8 Å². The van der Waals surface area contributed by atoms with Crippen molar-refractivity contribution in [3.05, 3.63) is 35.9 Å². The average Bonchev–Trinajstić information content (AvgIpc) is 3.11. The van der Waals surface area contributed by atoms with Gasteiger partial charge < -0.3 is 35.8 Å². The number of aryl methyl sites for hydroxylation is 2. The van der Waals surface area contributed by atoms with Crippen molar-refractivity contribution in [3.63, 3.8) is 0 Å². The van der Waals surface area contributed by atoms with Crippen LogP contribution in [0.3, 0.4) is 0 Å². The van der Waals surface area contributed by atoms with Gasteiger partial charge in [-0.25, -0.2) is 0 Å². The number of nitrogens with two attached hydrogens (primary N) is 1. The van der Waals surface area contributed by atoms with Gasteiger partial charge in [0.25, 0.3) is 11.8 Å². The van der Waals surface area contributed by atoms with Crippen LogP contribution in [0.25, 0.3) is 0 Å². The van der Waals surface area contributed by atoms with Gasteiger partial charge in [-0.2, -0.15) is 5.10 Å². The van der Waals surface area contributed by atoms with E-state index in [4.69, 9.17) is 5.73 Å². The summed E-state index contributed by atoms with van der Waals surface area (Å²) in [6.07, 6.45) is 4.91. The predicted octanol–water partition coefficient (Wildman–Crippen LogP) is 0.866. The molecule has 0 atom stereocenters. The summed E-state index contributed by atoms with van der Waals surface area (Å²) in [5.74, 6) is -0.524. The SMILES string of the molecule is CN(C)N=CNCCNC(=O)c1cc(NC(=O)c2cc(N)cn2C)cn1C.Cl.Cl. The number of anilines is 2. The van der Waals surface area contributed by atoms with E-state index in [0.717, 1.165) is 0 Å². The van der Waals surface area contributed by atoms with Gasteiger partial charge in [-0.05, 0) is 12.1 Å². The third-order valence-corrected chi connectivity index (χ3v) is 3.69. The number of nitrogens with one attached hydrogen (secondary N) is 3. The number of carbonyl (C=O) groups is 2. The minimum absolute atomic E-state index is 0. The minimum atomic E-state index is -0.295. The first-order valence-electron chi connectivity index (χ1n) is 8.39. The smallest absolute Gasteiger partial charge is 0.272 e. The molecule has 12 heteroatoms. The van der Waals surface area contributed by atoms with E-state index in [1.54, 1.807) is 59.1 Å². The molecule has 2 heterocycles. The van der Waals surface area contributed by atoms with Crippen LogP contribution in [0, 0.1) is 0 Å². The van der Waals surface area contributed by atoms with Crippen molar-refractivity contribution in [1.82, 2.24) is 24.8 Å². The number of rotatable bonds is 8. The van der Waals surface area contributed by atoms with Crippen LogP contribution in [-0.4, -0.2) is 59.5 Å². The first-order chi connectivity index (χ1) is 12.8. The minimum Gasteiger partial charge on any atom is -0.397 e. The van der Waals surface area contributed by atoms with Crippen molar-refractivity contribution < 1.29 is 9.59 Å². The third-order valence-electron chi connectivity index (χ3n) is 3.69. The highest BCUT2D eigenvalue weighted by atomic mass is 35.5. The predicted molar refractivity (Wildman–Crippen MR) is 120 cm³/mol. The summed E-state index contributed by atoms with van der Waals surface area (Å²) < 4.78 is 3.30. The Kier molecular flexibility index (Phi) is 10.7. The van der Waals surface area contributed by atoms with Crippen LogP contribution in [0.15, 0.2) is 29.6 Å². The molecule has 0 saturated heterocycles. The molecule has 0 bridgehead atoms. The van der Waals surface area contributed by atoms with E-state index in [0.29, 0.717) is 35.9 Å². The highest BCUT2D eigenvalue weighted by Gasteiger charge is 2.15. The van der Waals surface area contributed by atoms with E-state index in [1.807, 2.05) is 14.1 Å². The summed E-state index contributed by atoms with van der Waals surface area (Å²) in [5.41, 5.74) is 7.62. The standard InChI is InChI=1S/C17H26N8O2.2ClH/c1-23(2)21-11-19-5-6-20-16(26)15-8-13(10-25(15)4)22-17(27)14-7-12(18)9-24(14)3;;/h7-11H,5-6,18H2,1-4H3,(H,19,21)(H,20,26)(H,22,27);2*1H. The lowest BCUT2D eigenvalue weighted by Crippen LogP contribution is -2.32. The van der Waals surface area contributed by atoms with Gasteiger partial charge in [0.05, 0.1) is 11.4 Å². The lowest BCUT2D eigenvalue weighted by atomic mass is 10.3. The first-order valence-corrected chi connectivity index (χ1v) is 8.39. The summed E-state index contributed by atoms with van der Waals surface area (Å²) in [5, 5.41) is 14.2. The Morgan fingerprint density at radius 3 is 2.28 bits per heavy atom. The molecule has 0 aliphatic carbocycles. The molecule has 162 valence electrons. The van der Waals surface area contributed by atoms with Crippen LogP contribution in [-0.2, 0) is 14.1 Å². The summed E-state index contributed by atoms with van der Waals surface area (Å²) in [7, 11) is 7.12. The molecule has 0 aromatic carbocycles. The Balaban J connectivity index is 0.00000392. The van der Waals surface area contributed by atoms with Gasteiger partial charge in [0.1, 0.15) is 17.7 Å². The van der Waals surface area contributed by atoms with E-state index in [2.05, 4.69) is 21.1 Å². The first kappa shape index (κ1) is 26.1. The summed E-state index contributed by atoms with van der Waals surface area (Å²) in [4.78, 5) is 24.6. The number of hydrogen-bond acceptors (Lipinski definition) is 5. The quantitative estimate of drug-likeness (QED) is 0.207. The van der Waals surface area contributed by atoms with Gasteiger partial charge >= 0.3 is 0 Å². The van der Waals surface area contributed by atoms with Crippen molar-refractivity contribution in [2.24, 2.45) is 19.2 Å². The van der Waals surface area contributed by atoms with E-state index in [1.165, 1.54) is 0 Å². The van der Waals surface area contributed by atoms with Crippen molar-refractivity contribution in [3.8, 4) is 0 Å². The van der Waals surface area contributed by atoms with Crippen molar-refractivity contribution in [2.45, 2.75) is 0 Å². The van der Waals surface area contributed by atoms with Gasteiger partial charge in [-0.3, -0.25) is 9.59 Å². The molecule has 2 rings (SSSR count). The molecule has 0 unspecified atom stereocenters. The van der Waals surface area contributed by atoms with Crippen LogP contribution in [0.4, 0.5) is 11.4 Å². The van der Waals surface area contributed by atoms with E-state index in [9.17, 15) is 9.59 Å². The number of carbonyl (C=O) groups excluding carboxylic acids is 2. The van der Waals surface area contributed by atoms with E-state index < -0.39 is 0 Å². The number of nitrogens with zero attached hydrogens (tertiary/aromatic N) is 4. The Morgan fingerprint density at radius 1 is 1.07 bits per heavy atom. The largest absolute Gasteiger partial charge is 0.397 e. The molecule has 5 N–H and O–H groups in total. The molecule has 0 aliphatic rings. The maximum absolute atomic E-state index is 12.3. The number of aromatic nitrogens is 2. The Hall–Kier alpha value is -2.85. The van der Waals surface area contributed by atoms with Gasteiger partial charge in [0.2, 0.25) is 0 Å². The van der Waals surface area contributed by atoms with Crippen molar-refractivity contribution in [2.75, 3.05) is 38.2 Å². The lowest BCUT2D eigenvalue weighted by molar-refractivity contribution is 0.0945. The second-order valence-corrected chi connectivity index (χ2v) is 6.25. The Labute approximate surface area is 182 Å². The molecule has 0 aliphatic heterocycles. The zero-order valence-electron chi connectivity index (χ0n) is 16.8. The summed E-state index contributed by atoms with van der Waals surface area (Å²) >= 11 is 0. The molecule has 2 aromatic rings. The molecule has 29 heavy (non-hydrogen) atoms. The fourth-order valence-electron chi connectivity index (χ4n) is 2.43. The van der Waals surface area contributed by atoms with Crippen LogP contribution < -0.4 is 21.7 Å². The molecular weight excluding hydrogens is 419 g/mol. The highest BCUT2D eigenvalue weighted by molar-refractivity contribution is 6.04. The normalized spacial score (nSPS) is 10.1. The molecule has 0 spiro atoms. The van der Waals surface area contributed by atoms with Crippen molar-refractivity contribution in [1.29, 1.82) is 0 Å². The van der Waals surface area contributed by atoms with Crippen LogP contribution in [0.2, 0.25) is 0 Å². The van der Waals surface area contributed by atoms with E-state index in [-0.39, 0.29) is 36.6 Å². The fourth-order valence-corrected chi connectivity index (χ4v) is 2.43. The summed E-state index contributed by atoms with van der Waals surface area (Å²) in [6, 6.07) is 3.22. The number of nitrogen functional groups attached to an aromatic ring is 1. The van der Waals surface area contributed by atoms with Crippen molar-refractivity contribution >= 4 is 54.3 Å². The number of hydrazone groups is 1. The second-order valence-electron chi connectivity index (χ2n) is 6.25. The van der Waals surface area contributed by atoms with Crippen LogP contribution in [0.5, 0.6) is 0 Å². The summed E-state index contributed by atoms with van der Waals surface area (Å²) in [6.45, 7) is 0.986. The van der Waals surface area contributed by atoms with Crippen LogP contribution >= 0.6 is 24.8 Å². The fraction of sp³-hybridized carbons (Fsp3) is 0.353. The van der Waals surface area contributed by atoms with Gasteiger partial charge in [0.15, 0.2) is 0 Å². The zero-order valence-corrected chi connectivity index (χ0v) is 18.4. The zero-order chi connectivity index (χ0) is 20.0. The topological polar surface area (TPSA) is 122 Å². The third kappa shape index (κ3) is 7.59. The van der Waals surface area contributed by atoms with Crippen LogP contribution in [0.1, 0.15) is 21.0 Å². The van der Waals surface area contributed by atoms with E-state index >= 15 is 0 Å². The van der Waals surface area contributed by atoms with Gasteiger partial charge in [0, 0.05) is 53.7 Å². The molecule has 0 fully saturated rings. The number of halogens is 2. The molecular formula is C17H28Cl2N8O2. The molecule has 10 nitrogen and oxygen atoms in total. The highest BCUT2D eigenvalue weighted by Crippen LogP contribution is 2.16. The second kappa shape index (κ2) is 11.9. The maximum atomic E-state index is 12.3. The average molecular weight is 447 g/mol. The number of hydrogen-bond donors (Lipinski definition) is 4. The Bertz CT molecular complexity index is 845. The molecule has 0 radical (unpaired) electrons. The monoisotopic (exact) mass is 446 g/mol. The lowest BCUT2D eigenvalue weighted by Gasteiger charge is -2.06. The molecule has 2 amide bonds.